The molecule has 16 heavy (non-hydrogen) atoms. The monoisotopic (exact) mass is 226 g/mol. The maximum Gasteiger partial charge on any atom is 0.377 e. The Kier molecular flexibility index (Phi) is 5.32. The predicted molar refractivity (Wildman–Crippen MR) is 59.4 cm³/mol. The van der Waals surface area contributed by atoms with Crippen LogP contribution in [0, 0.1) is 11.3 Å². The van der Waals surface area contributed by atoms with Gasteiger partial charge >= 0.3 is 13.5 Å². The molecule has 0 saturated heterocycles. The summed E-state index contributed by atoms with van der Waals surface area (Å²) < 4.78 is 9.69. The Bertz CT molecular complexity index is 249. The molecule has 6 heteroatoms. The number of nitrogens with one attached hydrogen (secondary N) is 1. The summed E-state index contributed by atoms with van der Waals surface area (Å²) in [5, 5.41) is 16.4. The minimum absolute atomic E-state index is 0.168. The molecular formula is C10H17BNO4. The van der Waals surface area contributed by atoms with Crippen LogP contribution in [-0.2, 0) is 14.2 Å². The number of hydrogen-bond acceptors (Lipinski definition) is 5. The van der Waals surface area contributed by atoms with Crippen molar-refractivity contribution in [3.63, 3.8) is 0 Å². The van der Waals surface area contributed by atoms with Gasteiger partial charge in [0.05, 0.1) is 18.6 Å². The average molecular weight is 226 g/mol. The third-order valence-electron chi connectivity index (χ3n) is 2.80. The van der Waals surface area contributed by atoms with Gasteiger partial charge in [-0.05, 0) is 26.2 Å². The minimum Gasteiger partial charge on any atom is -0.555 e. The third kappa shape index (κ3) is 3.52. The number of carbonyl (C=O) groups excluding carboxylic acids is 1. The molecule has 5 nitrogen and oxygen atoms in total. The lowest BCUT2D eigenvalue weighted by molar-refractivity contribution is -0.149. The Morgan fingerprint density at radius 3 is 3.00 bits per heavy atom. The fraction of sp³-hybridized carbons (Fsp3) is 0.800. The highest BCUT2D eigenvalue weighted by Crippen LogP contribution is 2.33. The number of rotatable bonds is 5. The number of aliphatic hydroxyl groups excluding tert-OH is 1. The first-order valence-corrected chi connectivity index (χ1v) is 5.51. The maximum atomic E-state index is 11.5. The molecule has 1 radical (unpaired) electrons. The Hall–Kier alpha value is -1.04. The van der Waals surface area contributed by atoms with Gasteiger partial charge in [0.2, 0.25) is 0 Å². The van der Waals surface area contributed by atoms with Crippen molar-refractivity contribution < 1.29 is 19.3 Å². The van der Waals surface area contributed by atoms with Gasteiger partial charge in [-0.3, -0.25) is 10.2 Å². The number of esters is 1. The highest BCUT2D eigenvalue weighted by atomic mass is 16.5. The summed E-state index contributed by atoms with van der Waals surface area (Å²) in [6.45, 7) is 2.15. The molecule has 1 fully saturated rings. The number of ether oxygens (including phenoxy) is 1. The van der Waals surface area contributed by atoms with Crippen molar-refractivity contribution in [1.29, 1.82) is 5.41 Å². The minimum atomic E-state index is -0.495. The van der Waals surface area contributed by atoms with E-state index in [1.165, 1.54) is 7.48 Å². The van der Waals surface area contributed by atoms with E-state index < -0.39 is 6.10 Å². The molecule has 0 heterocycles. The molecule has 0 aromatic heterocycles. The van der Waals surface area contributed by atoms with Crippen LogP contribution in [-0.4, -0.2) is 37.7 Å². The molecule has 89 valence electrons. The van der Waals surface area contributed by atoms with Gasteiger partial charge in [-0.2, -0.15) is 0 Å². The maximum absolute atomic E-state index is 11.5. The lowest BCUT2D eigenvalue weighted by Gasteiger charge is -2.30. The topological polar surface area (TPSA) is 79.6 Å². The molecule has 1 rings (SSSR count). The first-order chi connectivity index (χ1) is 7.69. The molecule has 0 spiro atoms. The van der Waals surface area contributed by atoms with E-state index in [1.807, 2.05) is 0 Å². The molecule has 0 aliphatic heterocycles. The van der Waals surface area contributed by atoms with E-state index in [1.54, 1.807) is 6.92 Å². The van der Waals surface area contributed by atoms with Crippen LogP contribution in [0.1, 0.15) is 26.2 Å². The van der Waals surface area contributed by atoms with Crippen molar-refractivity contribution >= 4 is 19.9 Å². The second kappa shape index (κ2) is 6.53. The first kappa shape index (κ1) is 13.0. The highest BCUT2D eigenvalue weighted by molar-refractivity contribution is 6.32. The molecule has 0 bridgehead atoms. The normalized spacial score (nSPS) is 29.2. The van der Waals surface area contributed by atoms with Crippen molar-refractivity contribution in [1.82, 2.24) is 0 Å². The third-order valence-corrected chi connectivity index (χ3v) is 2.80. The van der Waals surface area contributed by atoms with Gasteiger partial charge in [0.25, 0.3) is 0 Å². The summed E-state index contributed by atoms with van der Waals surface area (Å²) in [6, 6.07) is 0. The molecule has 1 saturated carbocycles. The average Bonchev–Trinajstić information content (AvgIpc) is 2.28. The zero-order valence-corrected chi connectivity index (χ0v) is 9.39. The van der Waals surface area contributed by atoms with Crippen LogP contribution in [0.2, 0.25) is 5.82 Å². The van der Waals surface area contributed by atoms with E-state index in [4.69, 9.17) is 14.8 Å². The van der Waals surface area contributed by atoms with Gasteiger partial charge in [-0.25, -0.2) is 0 Å². The summed E-state index contributed by atoms with van der Waals surface area (Å²) >= 11 is 0. The van der Waals surface area contributed by atoms with E-state index in [0.717, 1.165) is 6.40 Å². The Morgan fingerprint density at radius 2 is 2.38 bits per heavy atom. The van der Waals surface area contributed by atoms with Gasteiger partial charge in [0, 0.05) is 5.82 Å². The standard InChI is InChI=1S/C10H17BNO4/c1-2-15-10(14)7-3-4-9(13)8(5-7)11-16-6-12/h6-9,12-13H,2-5H2,1H3/t7-,8+,9+/m0/s1. The zero-order valence-electron chi connectivity index (χ0n) is 9.39. The van der Waals surface area contributed by atoms with Crippen molar-refractivity contribution in [2.75, 3.05) is 6.61 Å². The van der Waals surface area contributed by atoms with Crippen LogP contribution in [0.3, 0.4) is 0 Å². The molecule has 0 aromatic rings. The fourth-order valence-electron chi connectivity index (χ4n) is 1.95. The fourth-order valence-corrected chi connectivity index (χ4v) is 1.95. The molecule has 1 aliphatic rings. The second-order valence-corrected chi connectivity index (χ2v) is 3.88. The van der Waals surface area contributed by atoms with E-state index in [0.29, 0.717) is 25.9 Å². The van der Waals surface area contributed by atoms with Crippen molar-refractivity contribution in [3.8, 4) is 0 Å². The predicted octanol–water partition coefficient (Wildman–Crippen LogP) is 0.742. The Balaban J connectivity index is 2.46. The molecule has 0 amide bonds. The van der Waals surface area contributed by atoms with Gasteiger partial charge in [0.15, 0.2) is 0 Å². The quantitative estimate of drug-likeness (QED) is 0.313. The number of carbonyl (C=O) groups is 1. The van der Waals surface area contributed by atoms with Gasteiger partial charge in [-0.1, -0.05) is 0 Å². The van der Waals surface area contributed by atoms with Crippen LogP contribution in [0.4, 0.5) is 0 Å². The summed E-state index contributed by atoms with van der Waals surface area (Å²) in [7, 11) is 1.42. The van der Waals surface area contributed by atoms with Crippen LogP contribution in [0.15, 0.2) is 0 Å². The lowest BCUT2D eigenvalue weighted by Crippen LogP contribution is -2.33. The van der Waals surface area contributed by atoms with E-state index in [9.17, 15) is 9.90 Å². The number of hydrogen-bond donors (Lipinski definition) is 2. The molecular weight excluding hydrogens is 209 g/mol. The smallest absolute Gasteiger partial charge is 0.377 e. The van der Waals surface area contributed by atoms with Crippen LogP contribution < -0.4 is 0 Å². The Labute approximate surface area is 95.9 Å². The molecule has 1 aliphatic carbocycles. The molecule has 3 atom stereocenters. The Morgan fingerprint density at radius 1 is 1.62 bits per heavy atom. The van der Waals surface area contributed by atoms with E-state index in [-0.39, 0.29) is 17.7 Å². The van der Waals surface area contributed by atoms with E-state index >= 15 is 0 Å². The summed E-state index contributed by atoms with van der Waals surface area (Å²) in [4.78, 5) is 11.5. The van der Waals surface area contributed by atoms with Crippen LogP contribution in [0.5, 0.6) is 0 Å². The van der Waals surface area contributed by atoms with Gasteiger partial charge < -0.3 is 14.5 Å². The van der Waals surface area contributed by atoms with Gasteiger partial charge in [-0.15, -0.1) is 0 Å². The van der Waals surface area contributed by atoms with Crippen LogP contribution in [0.25, 0.3) is 0 Å². The van der Waals surface area contributed by atoms with E-state index in [2.05, 4.69) is 0 Å². The molecule has 0 aromatic carbocycles. The van der Waals surface area contributed by atoms with Crippen molar-refractivity contribution in [2.24, 2.45) is 5.92 Å². The van der Waals surface area contributed by atoms with Gasteiger partial charge in [0.1, 0.15) is 6.40 Å². The largest absolute Gasteiger partial charge is 0.555 e. The SMILES string of the molecule is CCOC(=O)[C@H]1CC[C@@H](O)[C@H]([B]OC=N)C1. The summed E-state index contributed by atoms with van der Waals surface area (Å²) in [5.74, 6) is -0.577. The van der Waals surface area contributed by atoms with Crippen molar-refractivity contribution in [2.45, 2.75) is 38.1 Å². The van der Waals surface area contributed by atoms with Crippen LogP contribution >= 0.6 is 0 Å². The summed E-state index contributed by atoms with van der Waals surface area (Å²) in [6.07, 6.45) is 2.04. The molecule has 2 N–H and O–H groups in total. The second-order valence-electron chi connectivity index (χ2n) is 3.88. The lowest BCUT2D eigenvalue weighted by atomic mass is 9.65. The summed E-state index contributed by atoms with van der Waals surface area (Å²) in [5.41, 5.74) is 0. The number of aliphatic hydroxyl groups is 1. The molecule has 0 unspecified atom stereocenters. The zero-order chi connectivity index (χ0) is 12.0. The first-order valence-electron chi connectivity index (χ1n) is 5.51. The van der Waals surface area contributed by atoms with Crippen molar-refractivity contribution in [3.05, 3.63) is 0 Å². The highest BCUT2D eigenvalue weighted by Gasteiger charge is 2.35.